The number of furan rings is 1. The van der Waals surface area contributed by atoms with Crippen molar-refractivity contribution in [1.29, 1.82) is 0 Å². The molecule has 2 aromatic heterocycles. The average Bonchev–Trinajstić information content (AvgIpc) is 3.29. The van der Waals surface area contributed by atoms with Crippen molar-refractivity contribution < 1.29 is 18.8 Å². The minimum absolute atomic E-state index is 0.0118. The highest BCUT2D eigenvalue weighted by atomic mass is 32.2. The molecule has 0 radical (unpaired) electrons. The second-order valence-corrected chi connectivity index (χ2v) is 7.56. The van der Waals surface area contributed by atoms with Gasteiger partial charge in [-0.2, -0.15) is 0 Å². The van der Waals surface area contributed by atoms with Gasteiger partial charge in [0.25, 0.3) is 5.91 Å². The minimum atomic E-state index is -0.685. The molecule has 1 aliphatic rings. The molecule has 0 unspecified atom stereocenters. The quantitative estimate of drug-likeness (QED) is 0.548. The molecule has 9 heteroatoms. The largest absolute Gasteiger partial charge is 0.467 e. The zero-order valence-corrected chi connectivity index (χ0v) is 17.0. The van der Waals surface area contributed by atoms with Crippen LogP contribution in [-0.2, 0) is 16.1 Å². The number of piperidine rings is 1. The van der Waals surface area contributed by atoms with Crippen LogP contribution in [-0.4, -0.2) is 53.5 Å². The number of nitrogens with one attached hydrogen (secondary N) is 2. The highest BCUT2D eigenvalue weighted by molar-refractivity contribution is 7.98. The topological polar surface area (TPSA) is 105 Å². The molecule has 0 atom stereocenters. The molecule has 0 aromatic carbocycles. The van der Waals surface area contributed by atoms with Gasteiger partial charge in [-0.3, -0.25) is 14.4 Å². The van der Waals surface area contributed by atoms with Crippen molar-refractivity contribution >= 4 is 29.5 Å². The van der Waals surface area contributed by atoms with E-state index in [-0.39, 0.29) is 18.4 Å². The lowest BCUT2D eigenvalue weighted by atomic mass is 9.96. The Kier molecular flexibility index (Phi) is 7.29. The maximum atomic E-state index is 12.8. The summed E-state index contributed by atoms with van der Waals surface area (Å²) in [7, 11) is 0. The van der Waals surface area contributed by atoms with Gasteiger partial charge >= 0.3 is 11.8 Å². The summed E-state index contributed by atoms with van der Waals surface area (Å²) in [6, 6.07) is 7.01. The van der Waals surface area contributed by atoms with Crippen LogP contribution in [0.4, 0.5) is 0 Å². The van der Waals surface area contributed by atoms with Crippen LogP contribution in [0.15, 0.2) is 46.2 Å². The Balaban J connectivity index is 1.41. The molecular weight excluding hydrogens is 392 g/mol. The molecule has 2 aromatic rings. The monoisotopic (exact) mass is 416 g/mol. The van der Waals surface area contributed by atoms with Gasteiger partial charge in [0.2, 0.25) is 0 Å². The van der Waals surface area contributed by atoms with Gasteiger partial charge in [-0.25, -0.2) is 4.98 Å². The summed E-state index contributed by atoms with van der Waals surface area (Å²) in [4.78, 5) is 42.6. The first-order valence-electron chi connectivity index (χ1n) is 9.45. The lowest BCUT2D eigenvalue weighted by Gasteiger charge is -2.32. The smallest absolute Gasteiger partial charge is 0.309 e. The van der Waals surface area contributed by atoms with Crippen LogP contribution in [0.3, 0.4) is 0 Å². The normalized spacial score (nSPS) is 14.4. The van der Waals surface area contributed by atoms with Crippen molar-refractivity contribution in [3.8, 4) is 0 Å². The van der Waals surface area contributed by atoms with Crippen molar-refractivity contribution in [2.45, 2.75) is 24.4 Å². The van der Waals surface area contributed by atoms with Crippen LogP contribution in [0.2, 0.25) is 0 Å². The maximum absolute atomic E-state index is 12.8. The van der Waals surface area contributed by atoms with E-state index in [1.54, 1.807) is 30.5 Å². The number of amides is 3. The molecule has 1 fully saturated rings. The van der Waals surface area contributed by atoms with Crippen LogP contribution < -0.4 is 10.6 Å². The predicted molar refractivity (Wildman–Crippen MR) is 108 cm³/mol. The second kappa shape index (κ2) is 10.1. The van der Waals surface area contributed by atoms with E-state index in [4.69, 9.17) is 4.42 Å². The van der Waals surface area contributed by atoms with Crippen molar-refractivity contribution in [1.82, 2.24) is 20.5 Å². The summed E-state index contributed by atoms with van der Waals surface area (Å²) in [5.41, 5.74) is 0.625. The fourth-order valence-electron chi connectivity index (χ4n) is 3.20. The highest BCUT2D eigenvalue weighted by Crippen LogP contribution is 2.22. The van der Waals surface area contributed by atoms with Crippen molar-refractivity contribution in [3.63, 3.8) is 0 Å². The molecule has 2 N–H and O–H groups in total. The fourth-order valence-corrected chi connectivity index (χ4v) is 3.75. The van der Waals surface area contributed by atoms with E-state index in [1.807, 2.05) is 11.2 Å². The summed E-state index contributed by atoms with van der Waals surface area (Å²) in [5, 5.41) is 5.92. The Morgan fingerprint density at radius 2 is 1.93 bits per heavy atom. The first-order valence-corrected chi connectivity index (χ1v) is 10.7. The van der Waals surface area contributed by atoms with Gasteiger partial charge in [0.15, 0.2) is 0 Å². The number of thioether (sulfide) groups is 1. The first kappa shape index (κ1) is 20.9. The van der Waals surface area contributed by atoms with E-state index >= 15 is 0 Å². The molecule has 8 nitrogen and oxygen atoms in total. The number of rotatable bonds is 6. The van der Waals surface area contributed by atoms with E-state index < -0.39 is 11.8 Å². The number of carbonyl (C=O) groups excluding carboxylic acids is 3. The molecule has 1 aliphatic heterocycles. The van der Waals surface area contributed by atoms with Crippen molar-refractivity contribution in [2.75, 3.05) is 25.9 Å². The van der Waals surface area contributed by atoms with Crippen LogP contribution in [0.25, 0.3) is 0 Å². The van der Waals surface area contributed by atoms with Gasteiger partial charge in [0.1, 0.15) is 10.8 Å². The van der Waals surface area contributed by atoms with E-state index in [0.29, 0.717) is 31.0 Å². The van der Waals surface area contributed by atoms with Crippen LogP contribution in [0.1, 0.15) is 29.0 Å². The van der Waals surface area contributed by atoms with Crippen LogP contribution in [0, 0.1) is 5.92 Å². The number of carbonyl (C=O) groups is 3. The van der Waals surface area contributed by atoms with E-state index in [9.17, 15) is 14.4 Å². The van der Waals surface area contributed by atoms with E-state index in [0.717, 1.165) is 17.9 Å². The molecule has 0 saturated carbocycles. The third-order valence-corrected chi connectivity index (χ3v) is 5.57. The Morgan fingerprint density at radius 1 is 1.17 bits per heavy atom. The Bertz CT molecular complexity index is 848. The Morgan fingerprint density at radius 3 is 2.62 bits per heavy atom. The van der Waals surface area contributed by atoms with E-state index in [1.165, 1.54) is 18.0 Å². The van der Waals surface area contributed by atoms with Gasteiger partial charge in [-0.05, 0) is 49.3 Å². The van der Waals surface area contributed by atoms with Crippen molar-refractivity contribution in [2.24, 2.45) is 5.92 Å². The van der Waals surface area contributed by atoms with Gasteiger partial charge in [0.05, 0.1) is 18.4 Å². The Labute approximate surface area is 173 Å². The summed E-state index contributed by atoms with van der Waals surface area (Å²) in [6.45, 7) is 1.82. The van der Waals surface area contributed by atoms with Gasteiger partial charge in [0, 0.05) is 25.8 Å². The molecule has 3 rings (SSSR count). The molecule has 0 aliphatic carbocycles. The lowest BCUT2D eigenvalue weighted by molar-refractivity contribution is -0.139. The molecule has 0 spiro atoms. The maximum Gasteiger partial charge on any atom is 0.309 e. The second-order valence-electron chi connectivity index (χ2n) is 6.77. The summed E-state index contributed by atoms with van der Waals surface area (Å²) in [5.74, 6) is -0.538. The highest BCUT2D eigenvalue weighted by Gasteiger charge is 2.26. The summed E-state index contributed by atoms with van der Waals surface area (Å²) in [6.07, 6.45) is 6.64. The van der Waals surface area contributed by atoms with E-state index in [2.05, 4.69) is 15.6 Å². The fraction of sp³-hybridized carbons (Fsp3) is 0.400. The van der Waals surface area contributed by atoms with Gasteiger partial charge < -0.3 is 20.0 Å². The van der Waals surface area contributed by atoms with Crippen molar-refractivity contribution in [3.05, 3.63) is 48.0 Å². The Hall–Kier alpha value is -2.81. The molecular formula is C20H24N4O4S. The van der Waals surface area contributed by atoms with Crippen LogP contribution >= 0.6 is 11.8 Å². The zero-order chi connectivity index (χ0) is 20.6. The SMILES string of the molecule is CSc1ncccc1C(=O)N1CCC(CNC(=O)C(=O)NCc2ccco2)CC1. The van der Waals surface area contributed by atoms with Crippen LogP contribution in [0.5, 0.6) is 0 Å². The lowest BCUT2D eigenvalue weighted by Crippen LogP contribution is -2.44. The number of aromatic nitrogens is 1. The zero-order valence-electron chi connectivity index (χ0n) is 16.2. The van der Waals surface area contributed by atoms with Gasteiger partial charge in [-0.15, -0.1) is 11.8 Å². The number of nitrogens with zero attached hydrogens (tertiary/aromatic N) is 2. The molecule has 0 bridgehead atoms. The molecule has 29 heavy (non-hydrogen) atoms. The molecule has 1 saturated heterocycles. The number of pyridine rings is 1. The molecule has 3 heterocycles. The average molecular weight is 417 g/mol. The number of hydrogen-bond acceptors (Lipinski definition) is 6. The molecule has 3 amide bonds. The summed E-state index contributed by atoms with van der Waals surface area (Å²) >= 11 is 1.46. The predicted octanol–water partition coefficient (Wildman–Crippen LogP) is 1.68. The third kappa shape index (κ3) is 5.60. The summed E-state index contributed by atoms with van der Waals surface area (Å²) < 4.78 is 5.11. The first-order chi connectivity index (χ1) is 14.1. The number of hydrogen-bond donors (Lipinski definition) is 2. The number of likely N-dealkylation sites (tertiary alicyclic amines) is 1. The minimum Gasteiger partial charge on any atom is -0.467 e. The van der Waals surface area contributed by atoms with Gasteiger partial charge in [-0.1, -0.05) is 0 Å². The standard InChI is InChI=1S/C20H24N4O4S/c1-29-19-16(5-2-8-21-19)20(27)24-9-6-14(7-10-24)12-22-17(25)18(26)23-13-15-4-3-11-28-15/h2-5,8,11,14H,6-7,9-10,12-13H2,1H3,(H,22,25)(H,23,26). The third-order valence-electron chi connectivity index (χ3n) is 4.86. The molecule has 154 valence electrons.